The van der Waals surface area contributed by atoms with Gasteiger partial charge in [0.05, 0.1) is 0 Å². The molecule has 0 aromatic rings. The summed E-state index contributed by atoms with van der Waals surface area (Å²) in [6, 6.07) is 0. The molecule has 0 aliphatic carbocycles. The van der Waals surface area contributed by atoms with E-state index in [0.29, 0.717) is 6.26 Å². The van der Waals surface area contributed by atoms with Gasteiger partial charge >= 0.3 is 11.4 Å². The van der Waals surface area contributed by atoms with Crippen LogP contribution in [0.5, 0.6) is 0 Å². The topological polar surface area (TPSA) is 0 Å². The van der Waals surface area contributed by atoms with E-state index in [-0.39, 0.29) is 0 Å². The fourth-order valence-electron chi connectivity index (χ4n) is 0.116. The van der Waals surface area contributed by atoms with E-state index in [1.807, 2.05) is 0 Å². The molecule has 0 saturated carbocycles. The van der Waals surface area contributed by atoms with Crippen molar-refractivity contribution in [2.75, 3.05) is 6.26 Å². The Bertz CT molecular complexity index is 94.9. The molecule has 0 atom stereocenters. The Morgan fingerprint density at radius 3 is 1.33 bits per heavy atom. The van der Waals surface area contributed by atoms with Crippen molar-refractivity contribution in [2.45, 2.75) is 11.4 Å². The Kier molecular flexibility index (Phi) is 2.32. The number of hydrogen-bond donors (Lipinski definition) is 0. The van der Waals surface area contributed by atoms with E-state index in [4.69, 9.17) is 0 Å². The summed E-state index contributed by atoms with van der Waals surface area (Å²) < 4.78 is 56.2. The fraction of sp³-hybridized carbons (Fsp3) is 1.00. The summed E-state index contributed by atoms with van der Waals surface area (Å²) >= 11 is -0.524. The summed E-state index contributed by atoms with van der Waals surface area (Å²) in [7, 11) is 0. The highest BCUT2D eigenvalue weighted by molar-refractivity contribution is 7.99. The van der Waals surface area contributed by atoms with Gasteiger partial charge in [-0.25, -0.2) is 0 Å². The van der Waals surface area contributed by atoms with Crippen LogP contribution in [0.3, 0.4) is 0 Å². The standard InChI is InChI=1S/C3H3F5S/c1-9-3(7,8)2(4,5)6/h1H3. The van der Waals surface area contributed by atoms with Gasteiger partial charge < -0.3 is 0 Å². The van der Waals surface area contributed by atoms with Crippen LogP contribution < -0.4 is 0 Å². The molecule has 0 amide bonds. The minimum absolute atomic E-state index is 0.524. The molecule has 0 rings (SSSR count). The average Bonchev–Trinajstić information content (AvgIpc) is 1.64. The minimum Gasteiger partial charge on any atom is -0.184 e. The molecule has 0 aliphatic rings. The highest BCUT2D eigenvalue weighted by atomic mass is 32.2. The lowest BCUT2D eigenvalue weighted by Gasteiger charge is -2.15. The number of thioether (sulfide) groups is 1. The lowest BCUT2D eigenvalue weighted by Crippen LogP contribution is -2.32. The third-order valence-electron chi connectivity index (χ3n) is 0.586. The fourth-order valence-corrected chi connectivity index (χ4v) is 0.347. The Balaban J connectivity index is 4.14. The first kappa shape index (κ1) is 9.00. The van der Waals surface area contributed by atoms with Crippen LogP contribution in [-0.2, 0) is 0 Å². The van der Waals surface area contributed by atoms with Crippen molar-refractivity contribution >= 4 is 11.8 Å². The van der Waals surface area contributed by atoms with Gasteiger partial charge in [-0.1, -0.05) is 11.8 Å². The summed E-state index contributed by atoms with van der Waals surface area (Å²) in [4.78, 5) is 0. The Morgan fingerprint density at radius 1 is 1.00 bits per heavy atom. The number of halogens is 5. The third-order valence-corrected chi connectivity index (χ3v) is 1.33. The minimum atomic E-state index is -5.42. The van der Waals surface area contributed by atoms with Gasteiger partial charge in [-0.2, -0.15) is 22.0 Å². The van der Waals surface area contributed by atoms with Crippen molar-refractivity contribution in [3.8, 4) is 0 Å². The lowest BCUT2D eigenvalue weighted by molar-refractivity contribution is -0.237. The zero-order valence-corrected chi connectivity index (χ0v) is 5.11. The number of alkyl halides is 5. The highest BCUT2D eigenvalue weighted by Gasteiger charge is 2.57. The Labute approximate surface area is 52.4 Å². The monoisotopic (exact) mass is 166 g/mol. The average molecular weight is 166 g/mol. The van der Waals surface area contributed by atoms with Gasteiger partial charge in [0, 0.05) is 0 Å². The molecule has 0 heterocycles. The predicted molar refractivity (Wildman–Crippen MR) is 24.5 cm³/mol. The Hall–Kier alpha value is -0.0000000000000000555. The highest BCUT2D eigenvalue weighted by Crippen LogP contribution is 2.42. The molecule has 9 heavy (non-hydrogen) atoms. The van der Waals surface area contributed by atoms with E-state index in [0.717, 1.165) is 0 Å². The van der Waals surface area contributed by atoms with Crippen molar-refractivity contribution in [2.24, 2.45) is 0 Å². The van der Waals surface area contributed by atoms with Crippen molar-refractivity contribution in [3.63, 3.8) is 0 Å². The SMILES string of the molecule is CSC(F)(F)C(F)(F)F. The molecule has 0 saturated heterocycles. The maximum atomic E-state index is 11.5. The zero-order valence-electron chi connectivity index (χ0n) is 4.30. The first-order valence-corrected chi connectivity index (χ1v) is 3.03. The smallest absolute Gasteiger partial charge is 0.184 e. The summed E-state index contributed by atoms with van der Waals surface area (Å²) in [5.74, 6) is 0. The van der Waals surface area contributed by atoms with E-state index in [1.165, 1.54) is 0 Å². The molecular formula is C3H3F5S. The molecule has 0 fully saturated rings. The van der Waals surface area contributed by atoms with Gasteiger partial charge in [0.1, 0.15) is 0 Å². The largest absolute Gasteiger partial charge is 0.464 e. The number of hydrogen-bond acceptors (Lipinski definition) is 1. The maximum Gasteiger partial charge on any atom is 0.464 e. The molecule has 56 valence electrons. The van der Waals surface area contributed by atoms with Gasteiger partial charge in [0.15, 0.2) is 0 Å². The molecule has 0 spiro atoms. The summed E-state index contributed by atoms with van der Waals surface area (Å²) in [5, 5.41) is -4.60. The van der Waals surface area contributed by atoms with E-state index in [1.54, 1.807) is 0 Å². The molecule has 0 unspecified atom stereocenters. The summed E-state index contributed by atoms with van der Waals surface area (Å²) in [5.41, 5.74) is 0. The van der Waals surface area contributed by atoms with Gasteiger partial charge in [-0.15, -0.1) is 0 Å². The number of rotatable bonds is 1. The van der Waals surface area contributed by atoms with Crippen LogP contribution in [0.2, 0.25) is 0 Å². The third kappa shape index (κ3) is 2.00. The second-order valence-electron chi connectivity index (χ2n) is 1.22. The predicted octanol–water partition coefficient (Wildman–Crippen LogP) is 2.50. The molecule has 0 N–H and O–H groups in total. The van der Waals surface area contributed by atoms with Crippen molar-refractivity contribution < 1.29 is 22.0 Å². The van der Waals surface area contributed by atoms with Crippen LogP contribution in [-0.4, -0.2) is 17.7 Å². The van der Waals surface area contributed by atoms with Gasteiger partial charge in [-0.3, -0.25) is 0 Å². The van der Waals surface area contributed by atoms with E-state index in [9.17, 15) is 22.0 Å². The van der Waals surface area contributed by atoms with Crippen molar-refractivity contribution in [1.29, 1.82) is 0 Å². The maximum absolute atomic E-state index is 11.5. The second-order valence-corrected chi connectivity index (χ2v) is 2.14. The molecule has 0 aliphatic heterocycles. The van der Waals surface area contributed by atoms with Gasteiger partial charge in [0.2, 0.25) is 0 Å². The molecule has 0 nitrogen and oxygen atoms in total. The first-order chi connectivity index (χ1) is 3.81. The van der Waals surface area contributed by atoms with Crippen molar-refractivity contribution in [1.82, 2.24) is 0 Å². The second kappa shape index (κ2) is 2.32. The normalized spacial score (nSPS) is 14.0. The van der Waals surface area contributed by atoms with Gasteiger partial charge in [-0.05, 0) is 6.26 Å². The van der Waals surface area contributed by atoms with E-state index in [2.05, 4.69) is 0 Å². The Morgan fingerprint density at radius 2 is 1.33 bits per heavy atom. The van der Waals surface area contributed by atoms with Crippen LogP contribution in [0.25, 0.3) is 0 Å². The van der Waals surface area contributed by atoms with E-state index >= 15 is 0 Å². The van der Waals surface area contributed by atoms with Crippen LogP contribution in [0.1, 0.15) is 0 Å². The van der Waals surface area contributed by atoms with Crippen LogP contribution in [0.4, 0.5) is 22.0 Å². The molecule has 0 radical (unpaired) electrons. The summed E-state index contributed by atoms with van der Waals surface area (Å²) in [6.07, 6.45) is -4.72. The van der Waals surface area contributed by atoms with Crippen LogP contribution in [0, 0.1) is 0 Å². The molecule has 6 heteroatoms. The van der Waals surface area contributed by atoms with Gasteiger partial charge in [0.25, 0.3) is 0 Å². The molecule has 0 bridgehead atoms. The first-order valence-electron chi connectivity index (χ1n) is 1.81. The van der Waals surface area contributed by atoms with Crippen molar-refractivity contribution in [3.05, 3.63) is 0 Å². The van der Waals surface area contributed by atoms with E-state index < -0.39 is 23.2 Å². The van der Waals surface area contributed by atoms with Crippen LogP contribution >= 0.6 is 11.8 Å². The molecule has 0 aromatic carbocycles. The zero-order chi connectivity index (χ0) is 7.71. The molecule has 0 aromatic heterocycles. The molecular weight excluding hydrogens is 163 g/mol. The summed E-state index contributed by atoms with van der Waals surface area (Å²) in [6.45, 7) is 0. The lowest BCUT2D eigenvalue weighted by atomic mass is 10.7. The van der Waals surface area contributed by atoms with Crippen LogP contribution in [0.15, 0.2) is 0 Å². The quantitative estimate of drug-likeness (QED) is 0.539.